The number of carboxylic acids is 1. The van der Waals surface area contributed by atoms with Crippen molar-refractivity contribution in [3.8, 4) is 5.75 Å². The highest BCUT2D eigenvalue weighted by Gasteiger charge is 2.38. The lowest BCUT2D eigenvalue weighted by Crippen LogP contribution is -2.49. The summed E-state index contributed by atoms with van der Waals surface area (Å²) in [6.07, 6.45) is 1.33. The molecule has 1 saturated heterocycles. The lowest BCUT2D eigenvalue weighted by Gasteiger charge is -2.33. The molecule has 2 aliphatic rings. The highest BCUT2D eigenvalue weighted by Crippen LogP contribution is 2.24. The van der Waals surface area contributed by atoms with Crippen molar-refractivity contribution in [3.05, 3.63) is 29.8 Å². The van der Waals surface area contributed by atoms with Gasteiger partial charge >= 0.3 is 12.1 Å². The average Bonchev–Trinajstić information content (AvgIpc) is 3.14. The molecule has 0 atom stereocenters. The Bertz CT molecular complexity index is 943. The Hall–Kier alpha value is -2.38. The molecule has 1 aliphatic carbocycles. The van der Waals surface area contributed by atoms with Crippen LogP contribution in [0.3, 0.4) is 0 Å². The SMILES string of the molecule is COc1ccc(C(=O)N(CCS(=O)(=O)N2CCNCC2)C2CCCCCC2)cc1.O=C(O)C(F)(F)F. The van der Waals surface area contributed by atoms with E-state index < -0.39 is 22.2 Å². The summed E-state index contributed by atoms with van der Waals surface area (Å²) in [4.78, 5) is 24.0. The molecule has 1 aromatic rings. The first-order valence-electron chi connectivity index (χ1n) is 11.9. The van der Waals surface area contributed by atoms with Crippen molar-refractivity contribution in [1.82, 2.24) is 14.5 Å². The van der Waals surface area contributed by atoms with Crippen LogP contribution >= 0.6 is 0 Å². The van der Waals surface area contributed by atoms with Crippen molar-refractivity contribution in [2.45, 2.75) is 50.7 Å². The molecule has 2 fully saturated rings. The summed E-state index contributed by atoms with van der Waals surface area (Å²) in [5.41, 5.74) is 0.578. The number of nitrogens with one attached hydrogen (secondary N) is 1. The Labute approximate surface area is 209 Å². The molecule has 1 heterocycles. The van der Waals surface area contributed by atoms with Gasteiger partial charge in [0, 0.05) is 44.3 Å². The van der Waals surface area contributed by atoms with E-state index in [9.17, 15) is 26.4 Å². The predicted molar refractivity (Wildman–Crippen MR) is 127 cm³/mol. The number of hydrogen-bond donors (Lipinski definition) is 2. The van der Waals surface area contributed by atoms with Gasteiger partial charge in [-0.3, -0.25) is 4.79 Å². The minimum atomic E-state index is -5.08. The molecule has 1 amide bonds. The molecule has 9 nitrogen and oxygen atoms in total. The van der Waals surface area contributed by atoms with Crippen LogP contribution in [0, 0.1) is 0 Å². The van der Waals surface area contributed by atoms with E-state index in [1.54, 1.807) is 35.7 Å². The first-order valence-corrected chi connectivity index (χ1v) is 13.5. The number of hydrogen-bond acceptors (Lipinski definition) is 6. The van der Waals surface area contributed by atoms with E-state index >= 15 is 0 Å². The fraction of sp³-hybridized carbons (Fsp3) is 0.652. The maximum Gasteiger partial charge on any atom is 0.490 e. The van der Waals surface area contributed by atoms with Crippen LogP contribution in [0.1, 0.15) is 48.9 Å². The lowest BCUT2D eigenvalue weighted by atomic mass is 10.1. The number of amides is 1. The zero-order valence-electron chi connectivity index (χ0n) is 20.3. The standard InChI is InChI=1S/C21H33N3O4S.C2HF3O2/c1-28-20-10-8-18(9-11-20)21(25)24(19-6-4-2-3-5-7-19)16-17-29(26,27)23-14-12-22-13-15-23;3-2(4,5)1(6)7/h8-11,19,22H,2-7,12-17H2,1H3;(H,6,7). The number of sulfonamides is 1. The Morgan fingerprint density at radius 1 is 1.08 bits per heavy atom. The van der Waals surface area contributed by atoms with Crippen LogP contribution in [0.5, 0.6) is 5.75 Å². The zero-order valence-corrected chi connectivity index (χ0v) is 21.1. The summed E-state index contributed by atoms with van der Waals surface area (Å²) in [5, 5.41) is 10.3. The molecule has 0 spiro atoms. The Morgan fingerprint density at radius 3 is 2.08 bits per heavy atom. The monoisotopic (exact) mass is 537 g/mol. The third-order valence-corrected chi connectivity index (χ3v) is 8.02. The van der Waals surface area contributed by atoms with E-state index in [-0.39, 0.29) is 24.2 Å². The van der Waals surface area contributed by atoms with E-state index in [2.05, 4.69) is 5.32 Å². The second kappa shape index (κ2) is 13.8. The summed E-state index contributed by atoms with van der Waals surface area (Å²) in [7, 11) is -1.78. The number of halogens is 3. The molecule has 1 saturated carbocycles. The normalized spacial score (nSPS) is 17.9. The first-order chi connectivity index (χ1) is 17.0. The van der Waals surface area contributed by atoms with Crippen LogP contribution in [0.15, 0.2) is 24.3 Å². The molecule has 1 aromatic carbocycles. The minimum Gasteiger partial charge on any atom is -0.497 e. The first kappa shape index (κ1) is 29.8. The fourth-order valence-corrected chi connectivity index (χ4v) is 5.61. The number of benzene rings is 1. The molecule has 1 aliphatic heterocycles. The van der Waals surface area contributed by atoms with E-state index in [0.717, 1.165) is 25.7 Å². The average molecular weight is 538 g/mol. The number of rotatable bonds is 7. The highest BCUT2D eigenvalue weighted by molar-refractivity contribution is 7.89. The minimum absolute atomic E-state index is 0.0224. The molecule has 0 bridgehead atoms. The summed E-state index contributed by atoms with van der Waals surface area (Å²) in [6.45, 7) is 2.59. The molecular formula is C23H34F3N3O6S. The smallest absolute Gasteiger partial charge is 0.490 e. The maximum absolute atomic E-state index is 13.3. The Morgan fingerprint density at radius 2 is 1.61 bits per heavy atom. The molecule has 204 valence electrons. The van der Waals surface area contributed by atoms with Crippen LogP contribution in [0.25, 0.3) is 0 Å². The number of carbonyl (C=O) groups excluding carboxylic acids is 1. The number of aliphatic carboxylic acids is 1. The van der Waals surface area contributed by atoms with Crippen LogP contribution in [-0.2, 0) is 14.8 Å². The van der Waals surface area contributed by atoms with Crippen molar-refractivity contribution < 1.29 is 41.0 Å². The van der Waals surface area contributed by atoms with Crippen LogP contribution in [0.2, 0.25) is 0 Å². The summed E-state index contributed by atoms with van der Waals surface area (Å²) >= 11 is 0. The topological polar surface area (TPSA) is 116 Å². The number of nitrogens with zero attached hydrogens (tertiary/aromatic N) is 2. The van der Waals surface area contributed by atoms with Crippen molar-refractivity contribution in [2.24, 2.45) is 0 Å². The molecular weight excluding hydrogens is 503 g/mol. The molecule has 36 heavy (non-hydrogen) atoms. The van der Waals surface area contributed by atoms with Gasteiger partial charge in [0.25, 0.3) is 5.91 Å². The predicted octanol–water partition coefficient (Wildman–Crippen LogP) is 2.73. The van der Waals surface area contributed by atoms with Gasteiger partial charge in [0.15, 0.2) is 0 Å². The largest absolute Gasteiger partial charge is 0.497 e. The van der Waals surface area contributed by atoms with Crippen molar-refractivity contribution in [3.63, 3.8) is 0 Å². The number of alkyl halides is 3. The van der Waals surface area contributed by atoms with Gasteiger partial charge in [-0.1, -0.05) is 25.7 Å². The van der Waals surface area contributed by atoms with E-state index in [4.69, 9.17) is 14.6 Å². The van der Waals surface area contributed by atoms with Gasteiger partial charge in [0.2, 0.25) is 10.0 Å². The number of methoxy groups -OCH3 is 1. The molecule has 0 unspecified atom stereocenters. The van der Waals surface area contributed by atoms with Gasteiger partial charge in [-0.2, -0.15) is 17.5 Å². The van der Waals surface area contributed by atoms with Crippen molar-refractivity contribution in [2.75, 3.05) is 45.6 Å². The van der Waals surface area contributed by atoms with E-state index in [0.29, 0.717) is 37.5 Å². The summed E-state index contributed by atoms with van der Waals surface area (Å²) < 4.78 is 64.1. The molecule has 2 N–H and O–H groups in total. The van der Waals surface area contributed by atoms with Gasteiger partial charge in [-0.15, -0.1) is 0 Å². The van der Waals surface area contributed by atoms with Gasteiger partial charge in [-0.05, 0) is 37.1 Å². The second-order valence-electron chi connectivity index (χ2n) is 8.64. The fourth-order valence-electron chi connectivity index (χ4n) is 4.18. The maximum atomic E-state index is 13.3. The number of ether oxygens (including phenoxy) is 1. The quantitative estimate of drug-likeness (QED) is 0.514. The van der Waals surface area contributed by atoms with Gasteiger partial charge in [-0.25, -0.2) is 13.2 Å². The van der Waals surface area contributed by atoms with Gasteiger partial charge < -0.3 is 20.1 Å². The van der Waals surface area contributed by atoms with Gasteiger partial charge in [0.1, 0.15) is 5.75 Å². The number of carbonyl (C=O) groups is 2. The van der Waals surface area contributed by atoms with Crippen molar-refractivity contribution in [1.29, 1.82) is 0 Å². The van der Waals surface area contributed by atoms with Gasteiger partial charge in [0.05, 0.1) is 12.9 Å². The molecule has 0 radical (unpaired) electrons. The third-order valence-electron chi connectivity index (χ3n) is 6.17. The lowest BCUT2D eigenvalue weighted by molar-refractivity contribution is -0.192. The van der Waals surface area contributed by atoms with Crippen LogP contribution in [0.4, 0.5) is 13.2 Å². The van der Waals surface area contributed by atoms with Crippen LogP contribution < -0.4 is 10.1 Å². The summed E-state index contributed by atoms with van der Waals surface area (Å²) in [6, 6.07) is 7.17. The Balaban J connectivity index is 0.000000572. The molecule has 13 heteroatoms. The number of piperazine rings is 1. The second-order valence-corrected chi connectivity index (χ2v) is 10.7. The molecule has 3 rings (SSSR count). The van der Waals surface area contributed by atoms with Crippen molar-refractivity contribution >= 4 is 21.9 Å². The zero-order chi connectivity index (χ0) is 26.8. The van der Waals surface area contributed by atoms with E-state index in [1.165, 1.54) is 12.8 Å². The third kappa shape index (κ3) is 9.25. The van der Waals surface area contributed by atoms with E-state index in [1.807, 2.05) is 4.90 Å². The molecule has 0 aromatic heterocycles. The van der Waals surface area contributed by atoms with Crippen LogP contribution in [-0.4, -0.2) is 92.4 Å². The highest BCUT2D eigenvalue weighted by atomic mass is 32.2. The number of carboxylic acid groups (broad SMARTS) is 1. The Kier molecular flexibility index (Phi) is 11.4. The summed E-state index contributed by atoms with van der Waals surface area (Å²) in [5.74, 6) is -2.17.